The molecule has 2 rings (SSSR count). The molecule has 1 aromatic heterocycles. The smallest absolute Gasteiger partial charge is 0.303 e. The maximum atomic E-state index is 11.9. The Balaban J connectivity index is 1.89. The predicted molar refractivity (Wildman–Crippen MR) is 97.4 cm³/mol. The zero-order valence-corrected chi connectivity index (χ0v) is 14.5. The van der Waals surface area contributed by atoms with Crippen molar-refractivity contribution in [3.8, 4) is 5.75 Å². The van der Waals surface area contributed by atoms with Crippen molar-refractivity contribution in [2.24, 2.45) is 5.10 Å². The van der Waals surface area contributed by atoms with Gasteiger partial charge in [0.1, 0.15) is 5.75 Å². The lowest BCUT2D eigenvalue weighted by Gasteiger charge is -2.07. The van der Waals surface area contributed by atoms with Crippen molar-refractivity contribution in [3.05, 3.63) is 46.7 Å². The van der Waals surface area contributed by atoms with E-state index in [1.165, 1.54) is 11.3 Å². The second kappa shape index (κ2) is 9.43. The van der Waals surface area contributed by atoms with E-state index in [0.717, 1.165) is 16.3 Å². The summed E-state index contributed by atoms with van der Waals surface area (Å²) in [4.78, 5) is 23.5. The van der Waals surface area contributed by atoms with Gasteiger partial charge in [-0.2, -0.15) is 5.10 Å². The number of rotatable bonds is 9. The molecule has 0 atom stereocenters. The van der Waals surface area contributed by atoms with Gasteiger partial charge in [0.15, 0.2) is 0 Å². The Morgan fingerprint density at radius 3 is 2.56 bits per heavy atom. The number of aliphatic carboxylic acids is 1. The summed E-state index contributed by atoms with van der Waals surface area (Å²) < 4.78 is 5.07. The minimum atomic E-state index is -0.906. The van der Waals surface area contributed by atoms with Crippen LogP contribution >= 0.6 is 11.3 Å². The molecule has 1 amide bonds. The number of carboxylic acids is 1. The van der Waals surface area contributed by atoms with Gasteiger partial charge in [0.25, 0.3) is 5.91 Å². The first-order chi connectivity index (χ1) is 12.1. The quantitative estimate of drug-likeness (QED) is 0.471. The zero-order chi connectivity index (χ0) is 18.1. The second-order valence-corrected chi connectivity index (χ2v) is 5.99. The fraction of sp³-hybridized carbons (Fsp3) is 0.235. The molecule has 8 heteroatoms. The van der Waals surface area contributed by atoms with Crippen LogP contribution in [0, 0.1) is 0 Å². The average molecular weight is 361 g/mol. The van der Waals surface area contributed by atoms with E-state index in [0.29, 0.717) is 5.71 Å². The fourth-order valence-corrected chi connectivity index (χ4v) is 2.71. The minimum absolute atomic E-state index is 0.0449. The molecule has 0 radical (unpaired) electrons. The van der Waals surface area contributed by atoms with Crippen LogP contribution < -0.4 is 15.5 Å². The molecule has 0 aliphatic heterocycles. The second-order valence-electron chi connectivity index (χ2n) is 5.05. The van der Waals surface area contributed by atoms with Crippen LogP contribution in [0.25, 0.3) is 0 Å². The van der Waals surface area contributed by atoms with Gasteiger partial charge in [-0.25, -0.2) is 5.43 Å². The Hall–Kier alpha value is -2.87. The van der Waals surface area contributed by atoms with Crippen molar-refractivity contribution in [1.82, 2.24) is 5.43 Å². The molecule has 3 N–H and O–H groups in total. The lowest BCUT2D eigenvalue weighted by molar-refractivity contribution is -0.136. The summed E-state index contributed by atoms with van der Waals surface area (Å²) in [5, 5.41) is 17.8. The number of nitrogens with zero attached hydrogens (tertiary/aromatic N) is 1. The molecule has 0 aliphatic carbocycles. The average Bonchev–Trinajstić information content (AvgIpc) is 3.14. The molecule has 2 aromatic rings. The molecule has 0 aliphatic rings. The summed E-state index contributed by atoms with van der Waals surface area (Å²) >= 11 is 1.45. The van der Waals surface area contributed by atoms with E-state index in [2.05, 4.69) is 15.8 Å². The molecular formula is C17H19N3O4S. The van der Waals surface area contributed by atoms with Gasteiger partial charge in [-0.05, 0) is 35.7 Å². The highest BCUT2D eigenvalue weighted by atomic mass is 32.1. The van der Waals surface area contributed by atoms with E-state index in [1.54, 1.807) is 31.4 Å². The molecule has 0 spiro atoms. The van der Waals surface area contributed by atoms with Crippen LogP contribution in [0.15, 0.2) is 46.9 Å². The summed E-state index contributed by atoms with van der Waals surface area (Å²) in [6.45, 7) is 0.0481. The molecule has 0 bridgehead atoms. The zero-order valence-electron chi connectivity index (χ0n) is 13.7. The number of hydrazone groups is 1. The SMILES string of the molecule is COc1ccc(NCC(=O)N/N=C(\CCC(=O)O)c2cccs2)cc1. The normalized spacial score (nSPS) is 11.0. The lowest BCUT2D eigenvalue weighted by atomic mass is 10.2. The number of carbonyl (C=O) groups is 2. The lowest BCUT2D eigenvalue weighted by Crippen LogP contribution is -2.27. The number of methoxy groups -OCH3 is 1. The van der Waals surface area contributed by atoms with E-state index in [1.807, 2.05) is 17.5 Å². The van der Waals surface area contributed by atoms with Crippen molar-refractivity contribution >= 4 is 34.6 Å². The Morgan fingerprint density at radius 1 is 1.20 bits per heavy atom. The van der Waals surface area contributed by atoms with Gasteiger partial charge in [0.2, 0.25) is 0 Å². The van der Waals surface area contributed by atoms with Gasteiger partial charge < -0.3 is 15.2 Å². The standard InChI is InChI=1S/C17H19N3O4S/c1-24-13-6-4-12(5-7-13)18-11-16(21)20-19-14(8-9-17(22)23)15-3-2-10-25-15/h2-7,10,18H,8-9,11H2,1H3,(H,20,21)(H,22,23)/b19-14+. The van der Waals surface area contributed by atoms with E-state index in [9.17, 15) is 9.59 Å². The number of ether oxygens (including phenoxy) is 1. The van der Waals surface area contributed by atoms with Gasteiger partial charge >= 0.3 is 5.97 Å². The first-order valence-corrected chi connectivity index (χ1v) is 8.45. The van der Waals surface area contributed by atoms with Crippen molar-refractivity contribution in [2.45, 2.75) is 12.8 Å². The number of amides is 1. The minimum Gasteiger partial charge on any atom is -0.497 e. The van der Waals surface area contributed by atoms with Crippen LogP contribution in [0.5, 0.6) is 5.75 Å². The molecule has 1 aromatic carbocycles. The van der Waals surface area contributed by atoms with Crippen molar-refractivity contribution < 1.29 is 19.4 Å². The van der Waals surface area contributed by atoms with Crippen LogP contribution in [0.1, 0.15) is 17.7 Å². The third-order valence-corrected chi connectivity index (χ3v) is 4.16. The van der Waals surface area contributed by atoms with E-state index in [-0.39, 0.29) is 25.3 Å². The van der Waals surface area contributed by atoms with Crippen molar-refractivity contribution in [3.63, 3.8) is 0 Å². The topological polar surface area (TPSA) is 100 Å². The van der Waals surface area contributed by atoms with Crippen molar-refractivity contribution in [1.29, 1.82) is 0 Å². The number of anilines is 1. The Bertz CT molecular complexity index is 727. The molecule has 1 heterocycles. The van der Waals surface area contributed by atoms with Gasteiger partial charge in [-0.1, -0.05) is 6.07 Å². The number of hydrogen-bond acceptors (Lipinski definition) is 6. The summed E-state index contributed by atoms with van der Waals surface area (Å²) in [6, 6.07) is 10.9. The monoisotopic (exact) mass is 361 g/mol. The van der Waals surface area contributed by atoms with Crippen LogP contribution in [0.4, 0.5) is 5.69 Å². The van der Waals surface area contributed by atoms with E-state index in [4.69, 9.17) is 9.84 Å². The van der Waals surface area contributed by atoms with Gasteiger partial charge in [-0.3, -0.25) is 9.59 Å². The van der Waals surface area contributed by atoms with E-state index >= 15 is 0 Å². The highest BCUT2D eigenvalue weighted by molar-refractivity contribution is 7.12. The Kier molecular flexibility index (Phi) is 6.97. The molecule has 25 heavy (non-hydrogen) atoms. The molecule has 0 saturated carbocycles. The Morgan fingerprint density at radius 2 is 1.96 bits per heavy atom. The molecular weight excluding hydrogens is 342 g/mol. The molecule has 0 saturated heterocycles. The predicted octanol–water partition coefficient (Wildman–Crippen LogP) is 2.55. The maximum Gasteiger partial charge on any atom is 0.303 e. The van der Waals surface area contributed by atoms with Crippen LogP contribution in [0.3, 0.4) is 0 Å². The molecule has 7 nitrogen and oxygen atoms in total. The number of carbonyl (C=O) groups excluding carboxylic acids is 1. The van der Waals surface area contributed by atoms with Gasteiger partial charge in [0.05, 0.1) is 30.7 Å². The van der Waals surface area contributed by atoms with Crippen LogP contribution in [0.2, 0.25) is 0 Å². The number of benzene rings is 1. The first-order valence-electron chi connectivity index (χ1n) is 7.57. The van der Waals surface area contributed by atoms with Gasteiger partial charge in [0, 0.05) is 12.1 Å². The van der Waals surface area contributed by atoms with Gasteiger partial charge in [-0.15, -0.1) is 11.3 Å². The summed E-state index contributed by atoms with van der Waals surface area (Å²) in [5.41, 5.74) is 3.80. The highest BCUT2D eigenvalue weighted by Crippen LogP contribution is 2.15. The van der Waals surface area contributed by atoms with Crippen LogP contribution in [-0.4, -0.2) is 36.3 Å². The summed E-state index contributed by atoms with van der Waals surface area (Å²) in [6.07, 6.45) is 0.207. The Labute approximate surface area is 149 Å². The largest absolute Gasteiger partial charge is 0.497 e. The molecule has 0 unspecified atom stereocenters. The van der Waals surface area contributed by atoms with E-state index < -0.39 is 5.97 Å². The summed E-state index contributed by atoms with van der Waals surface area (Å²) in [5.74, 6) is -0.490. The maximum absolute atomic E-state index is 11.9. The number of hydrogen-bond donors (Lipinski definition) is 3. The number of thiophene rings is 1. The summed E-state index contributed by atoms with van der Waals surface area (Å²) in [7, 11) is 1.59. The molecule has 132 valence electrons. The van der Waals surface area contributed by atoms with Crippen molar-refractivity contribution in [2.75, 3.05) is 19.0 Å². The number of carboxylic acid groups (broad SMARTS) is 1. The van der Waals surface area contributed by atoms with Crippen LogP contribution in [-0.2, 0) is 9.59 Å². The third kappa shape index (κ3) is 6.27. The first kappa shape index (κ1) is 18.5. The third-order valence-electron chi connectivity index (χ3n) is 3.24. The highest BCUT2D eigenvalue weighted by Gasteiger charge is 2.09. The molecule has 0 fully saturated rings. The fourth-order valence-electron chi connectivity index (χ4n) is 1.96. The number of nitrogens with one attached hydrogen (secondary N) is 2.